The summed E-state index contributed by atoms with van der Waals surface area (Å²) in [5.74, 6) is -4.89. The minimum absolute atomic E-state index is 0.0502. The number of thiophene rings is 1. The lowest BCUT2D eigenvalue weighted by Gasteiger charge is -2.15. The average molecular weight is 618 g/mol. The first-order chi connectivity index (χ1) is 18.5. The zero-order chi connectivity index (χ0) is 30.4. The molecule has 16 heteroatoms. The maximum absolute atomic E-state index is 13.4. The molecule has 10 nitrogen and oxygen atoms in total. The number of nitrogens with two attached hydrogens (primary N) is 1. The van der Waals surface area contributed by atoms with Crippen molar-refractivity contribution >= 4 is 62.3 Å². The first-order valence-corrected chi connectivity index (χ1v) is 14.3. The number of amidine groups is 1. The number of aliphatic carboxylic acids is 2. The number of rotatable bonds is 8. The molecule has 0 aliphatic carbocycles. The molecule has 0 bridgehead atoms. The average Bonchev–Trinajstić information content (AvgIpc) is 3.29. The highest BCUT2D eigenvalue weighted by Gasteiger charge is 2.38. The van der Waals surface area contributed by atoms with Gasteiger partial charge in [0.25, 0.3) is 0 Å². The number of aryl methyl sites for hydroxylation is 1. The Bertz CT molecular complexity index is 1570. The minimum atomic E-state index is -5.08. The van der Waals surface area contributed by atoms with Crippen molar-refractivity contribution in [3.8, 4) is 11.1 Å². The second-order valence-corrected chi connectivity index (χ2v) is 11.9. The zero-order valence-electron chi connectivity index (χ0n) is 20.7. The van der Waals surface area contributed by atoms with Gasteiger partial charge in [-0.3, -0.25) is 15.0 Å². The molecule has 3 rings (SSSR count). The van der Waals surface area contributed by atoms with Crippen LogP contribution in [-0.2, 0) is 24.2 Å². The van der Waals surface area contributed by atoms with Gasteiger partial charge in [0.05, 0.1) is 18.9 Å². The van der Waals surface area contributed by atoms with Crippen LogP contribution in [0.1, 0.15) is 16.9 Å². The lowest BCUT2D eigenvalue weighted by molar-refractivity contribution is -0.192. The number of carboxylic acids is 2. The predicted octanol–water partition coefficient (Wildman–Crippen LogP) is 4.61. The normalized spacial score (nSPS) is 11.2. The Kier molecular flexibility index (Phi) is 10.5. The summed E-state index contributed by atoms with van der Waals surface area (Å²) < 4.78 is 59.2. The molecule has 1 aromatic heterocycles. The lowest BCUT2D eigenvalue weighted by atomic mass is 9.98. The van der Waals surface area contributed by atoms with Gasteiger partial charge in [-0.05, 0) is 48.6 Å². The molecule has 6 N–H and O–H groups in total. The second kappa shape index (κ2) is 13.0. The van der Waals surface area contributed by atoms with Crippen LogP contribution in [0.3, 0.4) is 0 Å². The summed E-state index contributed by atoms with van der Waals surface area (Å²) in [5, 5.41) is 26.2. The highest BCUT2D eigenvalue weighted by Crippen LogP contribution is 2.38. The number of halogens is 3. The molecule has 1 amide bonds. The number of carboxylic acid groups (broad SMARTS) is 2. The van der Waals surface area contributed by atoms with E-state index in [1.807, 2.05) is 13.0 Å². The third-order valence-corrected chi connectivity index (χ3v) is 9.28. The fraction of sp³-hybridized carbons (Fsp3) is 0.167. The summed E-state index contributed by atoms with van der Waals surface area (Å²) in [5.41, 5.74) is 7.85. The first-order valence-electron chi connectivity index (χ1n) is 10.8. The third-order valence-electron chi connectivity index (χ3n) is 4.94. The van der Waals surface area contributed by atoms with E-state index in [-0.39, 0.29) is 15.6 Å². The number of alkyl halides is 3. The van der Waals surface area contributed by atoms with Crippen molar-refractivity contribution in [2.75, 3.05) is 11.6 Å². The van der Waals surface area contributed by atoms with Gasteiger partial charge >= 0.3 is 18.1 Å². The Balaban J connectivity index is 0.000000708. The van der Waals surface area contributed by atoms with Crippen molar-refractivity contribution in [2.24, 2.45) is 5.73 Å². The van der Waals surface area contributed by atoms with Gasteiger partial charge in [0.15, 0.2) is 0 Å². The number of carbonyl (C=O) groups is 3. The molecule has 0 unspecified atom stereocenters. The SMILES string of the molecule is CSc1sc(C(=N)N)cc1S(=O)(=O)c1cccc(-c2c(C)cccc2NC(=O)CC(=O)O)c1.O=C(O)C(F)(F)F. The van der Waals surface area contributed by atoms with Crippen LogP contribution in [0.25, 0.3) is 11.1 Å². The number of hydrogen-bond donors (Lipinski definition) is 5. The van der Waals surface area contributed by atoms with Crippen LogP contribution < -0.4 is 11.1 Å². The fourth-order valence-corrected chi connectivity index (χ4v) is 7.16. The number of benzene rings is 2. The Morgan fingerprint density at radius 1 is 1.10 bits per heavy atom. The molecule has 0 aliphatic heterocycles. The lowest BCUT2D eigenvalue weighted by Crippen LogP contribution is -2.21. The molecule has 2 aromatic carbocycles. The molecule has 214 valence electrons. The number of nitrogen functional groups attached to an aromatic ring is 1. The summed E-state index contributed by atoms with van der Waals surface area (Å²) >= 11 is 2.41. The molecule has 0 saturated carbocycles. The molecule has 0 saturated heterocycles. The Labute approximate surface area is 234 Å². The monoisotopic (exact) mass is 617 g/mol. The van der Waals surface area contributed by atoms with E-state index < -0.39 is 40.3 Å². The van der Waals surface area contributed by atoms with E-state index >= 15 is 0 Å². The summed E-state index contributed by atoms with van der Waals surface area (Å²) in [4.78, 5) is 32.3. The molecule has 0 spiro atoms. The third kappa shape index (κ3) is 8.06. The van der Waals surface area contributed by atoms with E-state index in [2.05, 4.69) is 5.32 Å². The Morgan fingerprint density at radius 2 is 1.70 bits per heavy atom. The van der Waals surface area contributed by atoms with E-state index in [4.69, 9.17) is 26.2 Å². The summed E-state index contributed by atoms with van der Waals surface area (Å²) in [6, 6.07) is 12.9. The van der Waals surface area contributed by atoms with Crippen LogP contribution >= 0.6 is 23.1 Å². The van der Waals surface area contributed by atoms with Gasteiger partial charge in [-0.15, -0.1) is 23.1 Å². The van der Waals surface area contributed by atoms with Crippen LogP contribution in [0.5, 0.6) is 0 Å². The molecule has 40 heavy (non-hydrogen) atoms. The number of nitrogens with one attached hydrogen (secondary N) is 2. The van der Waals surface area contributed by atoms with Crippen molar-refractivity contribution in [1.29, 1.82) is 5.41 Å². The van der Waals surface area contributed by atoms with Crippen molar-refractivity contribution in [3.05, 3.63) is 59.0 Å². The minimum Gasteiger partial charge on any atom is -0.481 e. The number of sulfone groups is 1. The van der Waals surface area contributed by atoms with Crippen molar-refractivity contribution in [3.63, 3.8) is 0 Å². The molecule has 3 aromatic rings. The summed E-state index contributed by atoms with van der Waals surface area (Å²) in [6.07, 6.45) is -4.01. The molecular formula is C24H22F3N3O7S3. The van der Waals surface area contributed by atoms with Gasteiger partial charge in [0, 0.05) is 11.3 Å². The zero-order valence-corrected chi connectivity index (χ0v) is 23.1. The van der Waals surface area contributed by atoms with Crippen LogP contribution in [0.4, 0.5) is 18.9 Å². The van der Waals surface area contributed by atoms with Gasteiger partial charge in [-0.1, -0.05) is 24.3 Å². The highest BCUT2D eigenvalue weighted by atomic mass is 32.2. The van der Waals surface area contributed by atoms with Crippen LogP contribution in [0.2, 0.25) is 0 Å². The van der Waals surface area contributed by atoms with Crippen molar-refractivity contribution in [1.82, 2.24) is 0 Å². The van der Waals surface area contributed by atoms with E-state index in [1.165, 1.54) is 30.0 Å². The quantitative estimate of drug-likeness (QED) is 0.104. The first kappa shape index (κ1) is 32.3. The van der Waals surface area contributed by atoms with Gasteiger partial charge in [-0.2, -0.15) is 13.2 Å². The van der Waals surface area contributed by atoms with Gasteiger partial charge in [0.2, 0.25) is 15.7 Å². The maximum atomic E-state index is 13.4. The highest BCUT2D eigenvalue weighted by molar-refractivity contribution is 8.01. The molecule has 1 heterocycles. The molecule has 0 fully saturated rings. The number of carbonyl (C=O) groups excluding carboxylic acids is 1. The van der Waals surface area contributed by atoms with Crippen LogP contribution in [-0.4, -0.2) is 54.7 Å². The number of anilines is 1. The summed E-state index contributed by atoms with van der Waals surface area (Å²) in [6.45, 7) is 1.81. The fourth-order valence-electron chi connectivity index (χ4n) is 3.25. The maximum Gasteiger partial charge on any atom is 0.490 e. The van der Waals surface area contributed by atoms with E-state index in [9.17, 15) is 31.2 Å². The molecular weight excluding hydrogens is 595 g/mol. The number of hydrogen-bond acceptors (Lipinski definition) is 8. The van der Waals surface area contributed by atoms with Crippen LogP contribution in [0, 0.1) is 12.3 Å². The van der Waals surface area contributed by atoms with E-state index in [0.717, 1.165) is 16.9 Å². The largest absolute Gasteiger partial charge is 0.490 e. The summed E-state index contributed by atoms with van der Waals surface area (Å²) in [7, 11) is -3.92. The topological polar surface area (TPSA) is 188 Å². The Hall–Kier alpha value is -3.89. The number of amides is 1. The molecule has 0 radical (unpaired) electrons. The van der Waals surface area contributed by atoms with Gasteiger partial charge in [-0.25, -0.2) is 13.2 Å². The second-order valence-electron chi connectivity index (χ2n) is 7.83. The smallest absolute Gasteiger partial charge is 0.481 e. The van der Waals surface area contributed by atoms with Gasteiger partial charge in [0.1, 0.15) is 12.3 Å². The standard InChI is InChI=1S/C22H21N3O5S3.C2HF3O2/c1-12-5-3-8-15(25-18(26)11-19(27)28)20(12)13-6-4-7-14(9-13)33(29,30)17-10-16(21(23)24)32-22(17)31-2;3-2(4,5)1(6)7/h3-10H,11H2,1-2H3,(H3,23,24)(H,25,26)(H,27,28);(H,6,7). The molecule has 0 atom stereocenters. The van der Waals surface area contributed by atoms with Crippen molar-refractivity contribution < 1.29 is 46.2 Å². The number of thioether (sulfide) groups is 1. The molecule has 0 aliphatic rings. The van der Waals surface area contributed by atoms with E-state index in [0.29, 0.717) is 25.9 Å². The van der Waals surface area contributed by atoms with Crippen LogP contribution in [0.15, 0.2) is 62.5 Å². The van der Waals surface area contributed by atoms with E-state index in [1.54, 1.807) is 30.5 Å². The van der Waals surface area contributed by atoms with Gasteiger partial charge < -0.3 is 21.3 Å². The van der Waals surface area contributed by atoms with Crippen molar-refractivity contribution in [2.45, 2.75) is 33.5 Å². The predicted molar refractivity (Wildman–Crippen MR) is 144 cm³/mol. The Morgan fingerprint density at radius 3 is 2.23 bits per heavy atom.